The Morgan fingerprint density at radius 2 is 1.88 bits per heavy atom. The van der Waals surface area contributed by atoms with E-state index in [2.05, 4.69) is 0 Å². The molecule has 0 spiro atoms. The van der Waals surface area contributed by atoms with Crippen LogP contribution in [0.4, 0.5) is 25.4 Å². The maximum absolute atomic E-state index is 15.0. The van der Waals surface area contributed by atoms with Crippen LogP contribution in [0.5, 0.6) is 0 Å². The lowest BCUT2D eigenvalue weighted by Crippen LogP contribution is -2.49. The molecule has 0 aliphatic carbocycles. The van der Waals surface area contributed by atoms with E-state index < -0.39 is 18.1 Å². The molecule has 2 aliphatic heterocycles. The van der Waals surface area contributed by atoms with Crippen LogP contribution in [0.25, 0.3) is 0 Å². The summed E-state index contributed by atoms with van der Waals surface area (Å²) in [5, 5.41) is 0.275. The van der Waals surface area contributed by atoms with E-state index >= 15 is 4.39 Å². The van der Waals surface area contributed by atoms with Gasteiger partial charge in [-0.15, -0.1) is 0 Å². The molecule has 8 nitrogen and oxygen atoms in total. The molecule has 0 radical (unpaired) electrons. The van der Waals surface area contributed by atoms with Gasteiger partial charge in [0, 0.05) is 43.8 Å². The molecule has 3 amide bonds. The highest BCUT2D eigenvalue weighted by molar-refractivity contribution is 8.12. The fraction of sp³-hybridized carbons (Fsp3) is 0.348. The number of anilines is 2. The van der Waals surface area contributed by atoms with Gasteiger partial charge < -0.3 is 14.5 Å². The lowest BCUT2D eigenvalue weighted by atomic mass is 10.1. The molecule has 2 aromatic carbocycles. The van der Waals surface area contributed by atoms with Crippen molar-refractivity contribution in [1.29, 1.82) is 0 Å². The number of amides is 3. The minimum atomic E-state index is -0.736. The van der Waals surface area contributed by atoms with E-state index in [1.165, 1.54) is 15.9 Å². The van der Waals surface area contributed by atoms with E-state index in [1.807, 2.05) is 4.90 Å². The maximum Gasteiger partial charge on any atom is 0.416 e. The van der Waals surface area contributed by atoms with E-state index in [1.54, 1.807) is 54.6 Å². The third kappa shape index (κ3) is 4.92. The van der Waals surface area contributed by atoms with Crippen molar-refractivity contribution in [2.75, 3.05) is 55.8 Å². The van der Waals surface area contributed by atoms with Crippen LogP contribution in [0.15, 0.2) is 42.5 Å². The molecule has 2 heterocycles. The predicted octanol–water partition coefficient (Wildman–Crippen LogP) is 4.14. The third-order valence-electron chi connectivity index (χ3n) is 5.91. The summed E-state index contributed by atoms with van der Waals surface area (Å²) in [6, 6.07) is 11.4. The number of likely N-dealkylation sites (N-methyl/N-ethyl adjacent to an activating group) is 1. The molecule has 2 aliphatic rings. The molecule has 0 saturated carbocycles. The number of cyclic esters (lactones) is 1. The molecule has 0 bridgehead atoms. The van der Waals surface area contributed by atoms with E-state index in [0.29, 0.717) is 48.1 Å². The Balaban J connectivity index is 1.40. The summed E-state index contributed by atoms with van der Waals surface area (Å²) < 4.78 is 20.3. The van der Waals surface area contributed by atoms with Gasteiger partial charge >= 0.3 is 6.09 Å². The summed E-state index contributed by atoms with van der Waals surface area (Å²) in [4.78, 5) is 43.2. The highest BCUT2D eigenvalue weighted by atomic mass is 35.5. The molecular weight excluding hydrogens is 483 g/mol. The fourth-order valence-corrected chi connectivity index (χ4v) is 4.59. The Kier molecular flexibility index (Phi) is 7.18. The lowest BCUT2D eigenvalue weighted by molar-refractivity contribution is 0.0668. The molecule has 180 valence electrons. The lowest BCUT2D eigenvalue weighted by Gasteiger charge is -2.36. The molecule has 0 N–H and O–H groups in total. The van der Waals surface area contributed by atoms with Crippen LogP contribution in [0.3, 0.4) is 0 Å². The van der Waals surface area contributed by atoms with Crippen LogP contribution in [-0.2, 0) is 4.74 Å². The normalized spacial score (nSPS) is 18.2. The Morgan fingerprint density at radius 3 is 2.53 bits per heavy atom. The summed E-state index contributed by atoms with van der Waals surface area (Å²) >= 11 is 7.01. The number of rotatable bonds is 4. The van der Waals surface area contributed by atoms with Gasteiger partial charge in [0.05, 0.1) is 17.9 Å². The predicted molar refractivity (Wildman–Crippen MR) is 130 cm³/mol. The van der Waals surface area contributed by atoms with Gasteiger partial charge in [0.25, 0.3) is 11.1 Å². The number of thioether (sulfide) groups is 1. The van der Waals surface area contributed by atoms with E-state index in [9.17, 15) is 14.4 Å². The summed E-state index contributed by atoms with van der Waals surface area (Å²) in [7, 11) is 1.56. The maximum atomic E-state index is 15.0. The number of benzene rings is 2. The summed E-state index contributed by atoms with van der Waals surface area (Å²) in [5.41, 5.74) is 1.28. The number of carbonyl (C=O) groups excluding carboxylic acids is 3. The second-order valence-corrected chi connectivity index (χ2v) is 9.15. The van der Waals surface area contributed by atoms with E-state index in [-0.39, 0.29) is 17.7 Å². The molecule has 2 saturated heterocycles. The minimum Gasteiger partial charge on any atom is -0.423 e. The van der Waals surface area contributed by atoms with Crippen molar-refractivity contribution in [3.63, 3.8) is 0 Å². The molecule has 1 atom stereocenters. The monoisotopic (exact) mass is 506 g/mol. The highest BCUT2D eigenvalue weighted by Gasteiger charge is 2.37. The zero-order chi connectivity index (χ0) is 24.4. The molecule has 0 aromatic heterocycles. The molecule has 34 heavy (non-hydrogen) atoms. The van der Waals surface area contributed by atoms with Crippen molar-refractivity contribution in [3.05, 3.63) is 58.9 Å². The molecule has 4 rings (SSSR count). The van der Waals surface area contributed by atoms with Crippen molar-refractivity contribution in [2.45, 2.75) is 6.23 Å². The topological polar surface area (TPSA) is 73.4 Å². The average Bonchev–Trinajstić information content (AvgIpc) is 3.24. The Morgan fingerprint density at radius 1 is 1.15 bits per heavy atom. The molecule has 2 aromatic rings. The number of carbonyl (C=O) groups is 3. The molecule has 1 unspecified atom stereocenters. The largest absolute Gasteiger partial charge is 0.423 e. The zero-order valence-electron chi connectivity index (χ0n) is 18.7. The second-order valence-electron chi connectivity index (χ2n) is 7.96. The van der Waals surface area contributed by atoms with Crippen LogP contribution >= 0.6 is 23.4 Å². The first-order chi connectivity index (χ1) is 16.3. The quantitative estimate of drug-likeness (QED) is 0.620. The minimum absolute atomic E-state index is 0.106. The van der Waals surface area contributed by atoms with E-state index in [0.717, 1.165) is 11.8 Å². The highest BCUT2D eigenvalue weighted by Crippen LogP contribution is 2.29. The van der Waals surface area contributed by atoms with Crippen molar-refractivity contribution in [3.8, 4) is 0 Å². The van der Waals surface area contributed by atoms with Gasteiger partial charge in [0.15, 0.2) is 6.23 Å². The Labute approximate surface area is 206 Å². The Bertz CT molecular complexity index is 1110. The average molecular weight is 507 g/mol. The van der Waals surface area contributed by atoms with Crippen LogP contribution in [0, 0.1) is 5.82 Å². The number of hydrogen-bond donors (Lipinski definition) is 0. The standard InChI is InChI=1S/C23H24ClFN4O4S/c1-26(23(32)34-2)20-14-29(22(31)33-20)17-6-7-19(18(25)13-17)27-8-10-28(11-9-27)21(30)15-4-3-5-16(24)12-15/h3-7,12-13,20H,8-11,14H2,1-2H3. The first kappa shape index (κ1) is 24.2. The SMILES string of the molecule is CSC(=O)N(C)C1CN(c2ccc(N3CCN(C(=O)c4cccc(Cl)c4)CC3)c(F)c2)C(=O)O1. The van der Waals surface area contributed by atoms with Crippen LogP contribution < -0.4 is 9.80 Å². The number of nitrogens with zero attached hydrogens (tertiary/aromatic N) is 4. The number of halogens is 2. The van der Waals surface area contributed by atoms with E-state index in [4.69, 9.17) is 16.3 Å². The molecular formula is C23H24ClFN4O4S. The number of piperazine rings is 1. The van der Waals surface area contributed by atoms with Gasteiger partial charge in [0.1, 0.15) is 5.82 Å². The van der Waals surface area contributed by atoms with Gasteiger partial charge in [-0.3, -0.25) is 19.4 Å². The fourth-order valence-electron chi connectivity index (χ4n) is 4.00. The van der Waals surface area contributed by atoms with Crippen LogP contribution in [0.1, 0.15) is 10.4 Å². The molecule has 2 fully saturated rings. The first-order valence-corrected chi connectivity index (χ1v) is 12.3. The third-order valence-corrected chi connectivity index (χ3v) is 6.78. The summed E-state index contributed by atoms with van der Waals surface area (Å²) in [6.45, 7) is 1.95. The van der Waals surface area contributed by atoms with Crippen LogP contribution in [-0.4, -0.2) is 79.3 Å². The zero-order valence-corrected chi connectivity index (χ0v) is 20.3. The van der Waals surface area contributed by atoms with Gasteiger partial charge in [-0.1, -0.05) is 29.4 Å². The van der Waals surface area contributed by atoms with Crippen molar-refractivity contribution < 1.29 is 23.5 Å². The van der Waals surface area contributed by atoms with Crippen LogP contribution in [0.2, 0.25) is 5.02 Å². The number of ether oxygens (including phenoxy) is 1. The van der Waals surface area contributed by atoms with Crippen molar-refractivity contribution >= 4 is 52.0 Å². The van der Waals surface area contributed by atoms with Crippen molar-refractivity contribution in [2.24, 2.45) is 0 Å². The number of hydrogen-bond acceptors (Lipinski definition) is 6. The summed E-state index contributed by atoms with van der Waals surface area (Å²) in [6.07, 6.45) is 0.278. The van der Waals surface area contributed by atoms with Gasteiger partial charge in [-0.2, -0.15) is 0 Å². The summed E-state index contributed by atoms with van der Waals surface area (Å²) in [5.74, 6) is -0.582. The first-order valence-electron chi connectivity index (χ1n) is 10.7. The van der Waals surface area contributed by atoms with Gasteiger partial charge in [-0.05, 0) is 42.7 Å². The van der Waals surface area contributed by atoms with Gasteiger partial charge in [0.2, 0.25) is 0 Å². The smallest absolute Gasteiger partial charge is 0.416 e. The second kappa shape index (κ2) is 10.1. The van der Waals surface area contributed by atoms with Crippen molar-refractivity contribution in [1.82, 2.24) is 9.80 Å². The molecule has 11 heteroatoms. The van der Waals surface area contributed by atoms with Gasteiger partial charge in [-0.25, -0.2) is 9.18 Å². The Hall–Kier alpha value is -2.98.